The molecule has 1 aromatic rings. The van der Waals surface area contributed by atoms with Crippen LogP contribution in [0.15, 0.2) is 24.3 Å². The van der Waals surface area contributed by atoms with Crippen LogP contribution < -0.4 is 5.73 Å². The molecule has 2 N–H and O–H groups in total. The van der Waals surface area contributed by atoms with Crippen molar-refractivity contribution in [3.05, 3.63) is 29.8 Å². The highest BCUT2D eigenvalue weighted by Gasteiger charge is 2.10. The van der Waals surface area contributed by atoms with Crippen LogP contribution in [0.5, 0.6) is 0 Å². The first-order valence-electron chi connectivity index (χ1n) is 4.15. The van der Waals surface area contributed by atoms with Gasteiger partial charge in [0.2, 0.25) is 10.0 Å². The SMILES string of the molecule is CN(Cc1ccc(N)cc1)S(C)(=O)=O.Cl. The van der Waals surface area contributed by atoms with E-state index in [1.54, 1.807) is 19.2 Å². The summed E-state index contributed by atoms with van der Waals surface area (Å²) in [5, 5.41) is 0. The Labute approximate surface area is 96.5 Å². The minimum atomic E-state index is -3.11. The molecule has 0 spiro atoms. The highest BCUT2D eigenvalue weighted by atomic mass is 35.5. The fourth-order valence-corrected chi connectivity index (χ4v) is 1.38. The number of sulfonamides is 1. The van der Waals surface area contributed by atoms with Gasteiger partial charge in [-0.2, -0.15) is 0 Å². The van der Waals surface area contributed by atoms with Gasteiger partial charge in [-0.3, -0.25) is 0 Å². The second kappa shape index (κ2) is 5.34. The van der Waals surface area contributed by atoms with Crippen molar-refractivity contribution in [2.75, 3.05) is 19.0 Å². The first kappa shape index (κ1) is 14.2. The molecule has 0 bridgehead atoms. The first-order chi connectivity index (χ1) is 6.39. The van der Waals surface area contributed by atoms with E-state index in [1.807, 2.05) is 12.1 Å². The molecular formula is C9H15ClN2O2S. The highest BCUT2D eigenvalue weighted by molar-refractivity contribution is 7.88. The van der Waals surface area contributed by atoms with Crippen molar-refractivity contribution in [1.82, 2.24) is 4.31 Å². The van der Waals surface area contributed by atoms with E-state index >= 15 is 0 Å². The lowest BCUT2D eigenvalue weighted by molar-refractivity contribution is 0.472. The van der Waals surface area contributed by atoms with Crippen LogP contribution in [0.1, 0.15) is 5.56 Å². The van der Waals surface area contributed by atoms with Crippen molar-refractivity contribution in [2.24, 2.45) is 0 Å². The quantitative estimate of drug-likeness (QED) is 0.817. The second-order valence-corrected chi connectivity index (χ2v) is 5.35. The van der Waals surface area contributed by atoms with E-state index in [9.17, 15) is 8.42 Å². The molecule has 1 aromatic carbocycles. The molecule has 0 aromatic heterocycles. The van der Waals surface area contributed by atoms with Gasteiger partial charge in [0.25, 0.3) is 0 Å². The van der Waals surface area contributed by atoms with E-state index in [-0.39, 0.29) is 12.4 Å². The molecule has 0 saturated heterocycles. The predicted molar refractivity (Wildman–Crippen MR) is 64.4 cm³/mol. The molecule has 6 heteroatoms. The van der Waals surface area contributed by atoms with Gasteiger partial charge >= 0.3 is 0 Å². The molecule has 0 aliphatic rings. The first-order valence-corrected chi connectivity index (χ1v) is 6.00. The van der Waals surface area contributed by atoms with E-state index in [1.165, 1.54) is 10.6 Å². The lowest BCUT2D eigenvalue weighted by Crippen LogP contribution is -2.24. The molecule has 0 saturated carbocycles. The van der Waals surface area contributed by atoms with Crippen molar-refractivity contribution in [3.8, 4) is 0 Å². The molecule has 4 nitrogen and oxygen atoms in total. The summed E-state index contributed by atoms with van der Waals surface area (Å²) in [6.45, 7) is 0.374. The molecule has 0 amide bonds. The van der Waals surface area contributed by atoms with Crippen LogP contribution in [0.3, 0.4) is 0 Å². The summed E-state index contributed by atoms with van der Waals surface area (Å²) in [5.41, 5.74) is 7.11. The summed E-state index contributed by atoms with van der Waals surface area (Å²) in [7, 11) is -1.56. The summed E-state index contributed by atoms with van der Waals surface area (Å²) in [5.74, 6) is 0. The normalized spacial score (nSPS) is 11.1. The third kappa shape index (κ3) is 4.51. The van der Waals surface area contributed by atoms with Crippen LogP contribution >= 0.6 is 12.4 Å². The predicted octanol–water partition coefficient (Wildman–Crippen LogP) is 1.08. The Hall–Kier alpha value is -0.780. The van der Waals surface area contributed by atoms with Crippen molar-refractivity contribution >= 4 is 28.1 Å². The lowest BCUT2D eigenvalue weighted by atomic mass is 10.2. The fourth-order valence-electron chi connectivity index (χ4n) is 0.997. The molecule has 0 aliphatic heterocycles. The Kier molecular flexibility index (Phi) is 5.07. The Morgan fingerprint density at radius 1 is 1.27 bits per heavy atom. The van der Waals surface area contributed by atoms with Gasteiger partial charge in [0, 0.05) is 19.3 Å². The zero-order valence-corrected chi connectivity index (χ0v) is 10.3. The topological polar surface area (TPSA) is 63.4 Å². The van der Waals surface area contributed by atoms with Gasteiger partial charge in [-0.25, -0.2) is 12.7 Å². The Morgan fingerprint density at radius 2 is 1.73 bits per heavy atom. The molecule has 1 rings (SSSR count). The van der Waals surface area contributed by atoms with Crippen LogP contribution in [0.25, 0.3) is 0 Å². The van der Waals surface area contributed by atoms with Gasteiger partial charge in [0.1, 0.15) is 0 Å². The van der Waals surface area contributed by atoms with Gasteiger partial charge < -0.3 is 5.73 Å². The minimum absolute atomic E-state index is 0. The Bertz CT molecular complexity index is 403. The number of anilines is 1. The molecule has 0 fully saturated rings. The van der Waals surface area contributed by atoms with Gasteiger partial charge in [-0.1, -0.05) is 12.1 Å². The third-order valence-corrected chi connectivity index (χ3v) is 3.21. The number of nitrogens with zero attached hydrogens (tertiary/aromatic N) is 1. The van der Waals surface area contributed by atoms with Crippen molar-refractivity contribution < 1.29 is 8.42 Å². The number of hydrogen-bond acceptors (Lipinski definition) is 3. The van der Waals surface area contributed by atoms with Gasteiger partial charge in [-0.05, 0) is 17.7 Å². The van der Waals surface area contributed by atoms with E-state index in [0.29, 0.717) is 12.2 Å². The largest absolute Gasteiger partial charge is 0.399 e. The summed E-state index contributed by atoms with van der Waals surface area (Å²) in [6.07, 6.45) is 1.18. The highest BCUT2D eigenvalue weighted by Crippen LogP contribution is 2.09. The Balaban J connectivity index is 0.00000196. The van der Waals surface area contributed by atoms with E-state index in [0.717, 1.165) is 5.56 Å². The van der Waals surface area contributed by atoms with E-state index in [2.05, 4.69) is 0 Å². The molecular weight excluding hydrogens is 236 g/mol. The number of benzene rings is 1. The average Bonchev–Trinajstić information content (AvgIpc) is 2.07. The maximum Gasteiger partial charge on any atom is 0.211 e. The average molecular weight is 251 g/mol. The summed E-state index contributed by atoms with van der Waals surface area (Å²) >= 11 is 0. The number of hydrogen-bond donors (Lipinski definition) is 1. The molecule has 86 valence electrons. The van der Waals surface area contributed by atoms with Gasteiger partial charge in [0.05, 0.1) is 6.26 Å². The van der Waals surface area contributed by atoms with Crippen LogP contribution in [0.2, 0.25) is 0 Å². The molecule has 0 aliphatic carbocycles. The van der Waals surface area contributed by atoms with Crippen LogP contribution in [0, 0.1) is 0 Å². The zero-order valence-electron chi connectivity index (χ0n) is 8.67. The van der Waals surface area contributed by atoms with Crippen molar-refractivity contribution in [1.29, 1.82) is 0 Å². The number of nitrogen functional groups attached to an aromatic ring is 1. The van der Waals surface area contributed by atoms with Gasteiger partial charge in [0.15, 0.2) is 0 Å². The zero-order chi connectivity index (χ0) is 10.8. The number of halogens is 1. The van der Waals surface area contributed by atoms with Crippen molar-refractivity contribution in [3.63, 3.8) is 0 Å². The Morgan fingerprint density at radius 3 is 2.13 bits per heavy atom. The third-order valence-electron chi connectivity index (χ3n) is 1.95. The minimum Gasteiger partial charge on any atom is -0.399 e. The fraction of sp³-hybridized carbons (Fsp3) is 0.333. The molecule has 0 atom stereocenters. The van der Waals surface area contributed by atoms with Crippen LogP contribution in [-0.4, -0.2) is 26.0 Å². The molecule has 0 radical (unpaired) electrons. The molecule has 0 unspecified atom stereocenters. The van der Waals surface area contributed by atoms with E-state index in [4.69, 9.17) is 5.73 Å². The summed E-state index contributed by atoms with van der Waals surface area (Å²) < 4.78 is 23.5. The summed E-state index contributed by atoms with van der Waals surface area (Å²) in [4.78, 5) is 0. The molecule has 15 heavy (non-hydrogen) atoms. The second-order valence-electron chi connectivity index (χ2n) is 3.26. The number of rotatable bonds is 3. The number of nitrogens with two attached hydrogens (primary N) is 1. The standard InChI is InChI=1S/C9H14N2O2S.ClH/c1-11(14(2,12)13)7-8-3-5-9(10)6-4-8;/h3-6H,7,10H2,1-2H3;1H. The maximum atomic E-state index is 11.1. The monoisotopic (exact) mass is 250 g/mol. The smallest absolute Gasteiger partial charge is 0.211 e. The summed E-state index contributed by atoms with van der Waals surface area (Å²) in [6, 6.07) is 7.14. The van der Waals surface area contributed by atoms with Gasteiger partial charge in [-0.15, -0.1) is 12.4 Å². The van der Waals surface area contributed by atoms with E-state index < -0.39 is 10.0 Å². The van der Waals surface area contributed by atoms with Crippen LogP contribution in [-0.2, 0) is 16.6 Å². The molecule has 0 heterocycles. The van der Waals surface area contributed by atoms with Crippen molar-refractivity contribution in [2.45, 2.75) is 6.54 Å². The lowest BCUT2D eigenvalue weighted by Gasteiger charge is -2.13. The van der Waals surface area contributed by atoms with Crippen LogP contribution in [0.4, 0.5) is 5.69 Å². The maximum absolute atomic E-state index is 11.1.